The van der Waals surface area contributed by atoms with E-state index >= 15 is 0 Å². The van der Waals surface area contributed by atoms with Crippen molar-refractivity contribution in [3.05, 3.63) is 52.0 Å². The quantitative estimate of drug-likeness (QED) is 0.909. The van der Waals surface area contributed by atoms with Crippen molar-refractivity contribution in [1.82, 2.24) is 10.3 Å². The molecule has 0 unspecified atom stereocenters. The SMILES string of the molecule is O=C(N[C@@H](c1nc(C2CC2)cs1)C1CC1)c1ccccc1. The normalized spacial score (nSPS) is 19.2. The number of hydrogen-bond donors (Lipinski definition) is 1. The van der Waals surface area contributed by atoms with Gasteiger partial charge in [0.1, 0.15) is 5.01 Å². The van der Waals surface area contributed by atoms with Crippen LogP contribution in [0.3, 0.4) is 0 Å². The van der Waals surface area contributed by atoms with Gasteiger partial charge in [0.25, 0.3) is 5.91 Å². The molecule has 21 heavy (non-hydrogen) atoms. The second kappa shape index (κ2) is 5.26. The molecule has 0 spiro atoms. The summed E-state index contributed by atoms with van der Waals surface area (Å²) in [5.74, 6) is 1.26. The maximum Gasteiger partial charge on any atom is 0.251 e. The van der Waals surface area contributed by atoms with Crippen molar-refractivity contribution in [3.8, 4) is 0 Å². The van der Waals surface area contributed by atoms with E-state index < -0.39 is 0 Å². The topological polar surface area (TPSA) is 42.0 Å². The molecule has 4 heteroatoms. The lowest BCUT2D eigenvalue weighted by molar-refractivity contribution is 0.0931. The van der Waals surface area contributed by atoms with E-state index in [1.807, 2.05) is 30.3 Å². The number of carbonyl (C=O) groups is 1. The van der Waals surface area contributed by atoms with E-state index in [2.05, 4.69) is 10.7 Å². The van der Waals surface area contributed by atoms with E-state index in [9.17, 15) is 4.79 Å². The highest BCUT2D eigenvalue weighted by molar-refractivity contribution is 7.09. The maximum absolute atomic E-state index is 12.4. The van der Waals surface area contributed by atoms with Crippen molar-refractivity contribution < 1.29 is 4.79 Å². The first kappa shape index (κ1) is 13.0. The van der Waals surface area contributed by atoms with Crippen LogP contribution in [0.25, 0.3) is 0 Å². The molecule has 1 atom stereocenters. The summed E-state index contributed by atoms with van der Waals surface area (Å²) >= 11 is 1.71. The summed E-state index contributed by atoms with van der Waals surface area (Å²) in [5, 5.41) is 6.46. The van der Waals surface area contributed by atoms with Gasteiger partial charge in [-0.3, -0.25) is 4.79 Å². The zero-order valence-corrected chi connectivity index (χ0v) is 12.6. The molecule has 4 rings (SSSR count). The lowest BCUT2D eigenvalue weighted by Gasteiger charge is -2.16. The van der Waals surface area contributed by atoms with E-state index in [0.29, 0.717) is 11.8 Å². The van der Waals surface area contributed by atoms with Crippen molar-refractivity contribution in [2.45, 2.75) is 37.6 Å². The van der Waals surface area contributed by atoms with Gasteiger partial charge >= 0.3 is 0 Å². The minimum atomic E-state index is 0.00988. The number of nitrogens with zero attached hydrogens (tertiary/aromatic N) is 1. The van der Waals surface area contributed by atoms with Crippen molar-refractivity contribution in [2.75, 3.05) is 0 Å². The van der Waals surface area contributed by atoms with Crippen LogP contribution in [0.15, 0.2) is 35.7 Å². The second-order valence-electron chi connectivity index (χ2n) is 6.04. The van der Waals surface area contributed by atoms with Crippen molar-refractivity contribution >= 4 is 17.2 Å². The molecule has 2 aliphatic carbocycles. The zero-order valence-electron chi connectivity index (χ0n) is 11.8. The Labute approximate surface area is 128 Å². The van der Waals surface area contributed by atoms with Crippen LogP contribution >= 0.6 is 11.3 Å². The molecule has 0 bridgehead atoms. The molecule has 3 nitrogen and oxygen atoms in total. The van der Waals surface area contributed by atoms with Gasteiger partial charge in [-0.05, 0) is 43.7 Å². The van der Waals surface area contributed by atoms with E-state index in [0.717, 1.165) is 10.6 Å². The maximum atomic E-state index is 12.4. The highest BCUT2D eigenvalue weighted by Crippen LogP contribution is 2.45. The first-order chi connectivity index (χ1) is 10.3. The lowest BCUT2D eigenvalue weighted by Crippen LogP contribution is -2.29. The smallest absolute Gasteiger partial charge is 0.251 e. The van der Waals surface area contributed by atoms with Crippen molar-refractivity contribution in [1.29, 1.82) is 0 Å². The summed E-state index contributed by atoms with van der Waals surface area (Å²) in [5.41, 5.74) is 1.96. The van der Waals surface area contributed by atoms with Crippen LogP contribution in [0, 0.1) is 5.92 Å². The highest BCUT2D eigenvalue weighted by Gasteiger charge is 2.36. The van der Waals surface area contributed by atoms with Gasteiger partial charge in [-0.25, -0.2) is 4.98 Å². The van der Waals surface area contributed by atoms with Gasteiger partial charge in [0, 0.05) is 16.9 Å². The molecule has 108 valence electrons. The first-order valence-electron chi connectivity index (χ1n) is 7.62. The Morgan fingerprint density at radius 3 is 2.62 bits per heavy atom. The van der Waals surface area contributed by atoms with Gasteiger partial charge in [0.2, 0.25) is 0 Å². The fourth-order valence-electron chi connectivity index (χ4n) is 2.64. The highest BCUT2D eigenvalue weighted by atomic mass is 32.1. The second-order valence-corrected chi connectivity index (χ2v) is 6.93. The van der Waals surface area contributed by atoms with E-state index in [1.54, 1.807) is 11.3 Å². The molecule has 2 aromatic rings. The predicted molar refractivity (Wildman–Crippen MR) is 83.5 cm³/mol. The number of benzene rings is 1. The Hall–Kier alpha value is -1.68. The molecule has 1 heterocycles. The summed E-state index contributed by atoms with van der Waals surface area (Å²) in [6.45, 7) is 0. The third-order valence-corrected chi connectivity index (χ3v) is 5.16. The van der Waals surface area contributed by atoms with Crippen LogP contribution in [0.2, 0.25) is 0 Å². The van der Waals surface area contributed by atoms with E-state index in [4.69, 9.17) is 4.98 Å². The van der Waals surface area contributed by atoms with Crippen molar-refractivity contribution in [2.24, 2.45) is 5.92 Å². The molecule has 1 aromatic heterocycles. The number of rotatable bonds is 5. The van der Waals surface area contributed by atoms with Crippen LogP contribution in [0.1, 0.15) is 58.7 Å². The zero-order chi connectivity index (χ0) is 14.2. The molecule has 0 aliphatic heterocycles. The Balaban J connectivity index is 1.52. The number of hydrogen-bond acceptors (Lipinski definition) is 3. The molecule has 0 saturated heterocycles. The standard InChI is InChI=1S/C17H18N2OS/c20-16(13-4-2-1-3-5-13)19-15(12-8-9-12)17-18-14(10-21-17)11-6-7-11/h1-5,10-12,15H,6-9H2,(H,19,20)/t15-/m1/s1. The number of aromatic nitrogens is 1. The largest absolute Gasteiger partial charge is 0.343 e. The summed E-state index contributed by atoms with van der Waals surface area (Å²) in [4.78, 5) is 17.2. The van der Waals surface area contributed by atoms with Gasteiger partial charge in [-0.15, -0.1) is 11.3 Å². The Kier molecular flexibility index (Phi) is 3.26. The van der Waals surface area contributed by atoms with Crippen LogP contribution < -0.4 is 5.32 Å². The molecule has 2 fully saturated rings. The minimum absolute atomic E-state index is 0.00988. The first-order valence-corrected chi connectivity index (χ1v) is 8.50. The van der Waals surface area contributed by atoms with Gasteiger partial charge in [0.05, 0.1) is 11.7 Å². The average Bonchev–Trinajstić information content (AvgIpc) is 3.44. The Morgan fingerprint density at radius 2 is 1.95 bits per heavy atom. The number of carbonyl (C=O) groups excluding carboxylic acids is 1. The average molecular weight is 298 g/mol. The molecular formula is C17H18N2OS. The van der Waals surface area contributed by atoms with E-state index in [1.165, 1.54) is 31.4 Å². The third-order valence-electron chi connectivity index (χ3n) is 4.22. The molecular weight excluding hydrogens is 280 g/mol. The van der Waals surface area contributed by atoms with Gasteiger partial charge in [-0.1, -0.05) is 18.2 Å². The Bertz CT molecular complexity index is 644. The van der Waals surface area contributed by atoms with Crippen LogP contribution in [-0.4, -0.2) is 10.9 Å². The predicted octanol–water partition coefficient (Wildman–Crippen LogP) is 3.90. The minimum Gasteiger partial charge on any atom is -0.343 e. The lowest BCUT2D eigenvalue weighted by atomic mass is 10.1. The van der Waals surface area contributed by atoms with E-state index in [-0.39, 0.29) is 11.9 Å². The molecule has 2 aliphatic rings. The molecule has 0 radical (unpaired) electrons. The molecule has 1 N–H and O–H groups in total. The summed E-state index contributed by atoms with van der Waals surface area (Å²) in [6, 6.07) is 9.53. The fourth-order valence-corrected chi connectivity index (χ4v) is 3.68. The summed E-state index contributed by atoms with van der Waals surface area (Å²) in [6.07, 6.45) is 4.93. The summed E-state index contributed by atoms with van der Waals surface area (Å²) in [7, 11) is 0. The monoisotopic (exact) mass is 298 g/mol. The molecule has 2 saturated carbocycles. The van der Waals surface area contributed by atoms with Crippen LogP contribution in [-0.2, 0) is 0 Å². The third kappa shape index (κ3) is 2.86. The number of thiazole rings is 1. The number of amides is 1. The van der Waals surface area contributed by atoms with Gasteiger partial charge in [-0.2, -0.15) is 0 Å². The van der Waals surface area contributed by atoms with Crippen LogP contribution in [0.5, 0.6) is 0 Å². The van der Waals surface area contributed by atoms with Gasteiger partial charge < -0.3 is 5.32 Å². The number of nitrogens with one attached hydrogen (secondary N) is 1. The summed E-state index contributed by atoms with van der Waals surface area (Å²) < 4.78 is 0. The fraction of sp³-hybridized carbons (Fsp3) is 0.412. The van der Waals surface area contributed by atoms with Crippen LogP contribution in [0.4, 0.5) is 0 Å². The van der Waals surface area contributed by atoms with Crippen molar-refractivity contribution in [3.63, 3.8) is 0 Å². The molecule has 1 amide bonds. The Morgan fingerprint density at radius 1 is 1.19 bits per heavy atom. The van der Waals surface area contributed by atoms with Gasteiger partial charge in [0.15, 0.2) is 0 Å². The molecule has 1 aromatic carbocycles.